The number of fused-ring (bicyclic) bond motifs is 5. The lowest BCUT2D eigenvalue weighted by molar-refractivity contribution is -0.0963. The van der Waals surface area contributed by atoms with E-state index >= 15 is 0 Å². The van der Waals surface area contributed by atoms with Gasteiger partial charge in [0.05, 0.1) is 0 Å². The second-order valence-corrected chi connectivity index (χ2v) is 12.4. The highest BCUT2D eigenvalue weighted by molar-refractivity contribution is 7.85. The van der Waals surface area contributed by atoms with Crippen LogP contribution in [0.2, 0.25) is 0 Å². The average molecular weight is 377 g/mol. The van der Waals surface area contributed by atoms with Crippen molar-refractivity contribution in [3.05, 3.63) is 12.2 Å². The Hall–Kier alpha value is -0.110. The molecule has 4 fully saturated rings. The van der Waals surface area contributed by atoms with Crippen LogP contribution >= 0.6 is 0 Å². The Morgan fingerprint density at radius 2 is 1.88 bits per heavy atom. The largest absolute Gasteiger partial charge is 0.259 e. The predicted octanol–water partition coefficient (Wildman–Crippen LogP) is 6.50. The van der Waals surface area contributed by atoms with Crippen LogP contribution in [0.15, 0.2) is 12.2 Å². The van der Waals surface area contributed by atoms with E-state index in [4.69, 9.17) is 0 Å². The normalized spacial score (nSPS) is 49.2. The lowest BCUT2D eigenvalue weighted by Gasteiger charge is -2.60. The van der Waals surface area contributed by atoms with Crippen LogP contribution in [0.3, 0.4) is 0 Å². The van der Waals surface area contributed by atoms with E-state index in [2.05, 4.69) is 27.4 Å². The quantitative estimate of drug-likeness (QED) is 0.512. The second kappa shape index (κ2) is 7.05. The van der Waals surface area contributed by atoms with Crippen molar-refractivity contribution in [2.45, 2.75) is 96.7 Å². The van der Waals surface area contributed by atoms with Crippen LogP contribution in [0.4, 0.5) is 0 Å². The van der Waals surface area contributed by atoms with Crippen LogP contribution in [0.5, 0.6) is 0 Å². The smallest absolute Gasteiger partial charge is 0.0351 e. The first-order valence-corrected chi connectivity index (χ1v) is 12.8. The first-order valence-electron chi connectivity index (χ1n) is 11.5. The molecule has 0 saturated heterocycles. The minimum atomic E-state index is -0.577. The summed E-state index contributed by atoms with van der Waals surface area (Å²) in [6, 6.07) is 0. The van der Waals surface area contributed by atoms with Gasteiger partial charge in [0.1, 0.15) is 0 Å². The van der Waals surface area contributed by atoms with Gasteiger partial charge < -0.3 is 0 Å². The Morgan fingerprint density at radius 3 is 2.65 bits per heavy atom. The molecule has 2 heteroatoms. The van der Waals surface area contributed by atoms with Gasteiger partial charge in [-0.3, -0.25) is 4.21 Å². The highest BCUT2D eigenvalue weighted by atomic mass is 32.2. The standard InChI is InChI=1S/C24H40OS/c1-5-6-15-26(25)19-11-13-24(4)18(16-19)8-9-20-21-10-7-17(2)23(21,3)14-12-22(20)24/h18-22H,2,5-16H2,1,3-4H3/t18?,19-,20?,21?,22?,23-,24+,26?/m1/s1. The van der Waals surface area contributed by atoms with Gasteiger partial charge >= 0.3 is 0 Å². The van der Waals surface area contributed by atoms with Crippen molar-refractivity contribution in [1.29, 1.82) is 0 Å². The Bertz CT molecular complexity index is 583. The molecule has 0 N–H and O–H groups in total. The molecule has 0 aliphatic heterocycles. The minimum absolute atomic E-state index is 0.448. The highest BCUT2D eigenvalue weighted by Crippen LogP contribution is 2.67. The number of hydrogen-bond acceptors (Lipinski definition) is 1. The summed E-state index contributed by atoms with van der Waals surface area (Å²) >= 11 is 0. The molecule has 148 valence electrons. The third-order valence-electron chi connectivity index (χ3n) is 9.64. The zero-order chi connectivity index (χ0) is 18.5. The predicted molar refractivity (Wildman–Crippen MR) is 113 cm³/mol. The maximum Gasteiger partial charge on any atom is 0.0351 e. The summed E-state index contributed by atoms with van der Waals surface area (Å²) in [5.74, 6) is 4.55. The molecule has 0 aromatic carbocycles. The van der Waals surface area contributed by atoms with Gasteiger partial charge in [0.2, 0.25) is 0 Å². The van der Waals surface area contributed by atoms with Gasteiger partial charge in [-0.2, -0.15) is 0 Å². The van der Waals surface area contributed by atoms with Crippen molar-refractivity contribution in [3.63, 3.8) is 0 Å². The first-order chi connectivity index (χ1) is 12.4. The van der Waals surface area contributed by atoms with Crippen LogP contribution in [0.1, 0.15) is 91.4 Å². The maximum atomic E-state index is 12.7. The molecule has 0 spiro atoms. The molecule has 4 aliphatic carbocycles. The van der Waals surface area contributed by atoms with E-state index in [1.165, 1.54) is 64.2 Å². The van der Waals surface area contributed by atoms with Gasteiger partial charge in [-0.05, 0) is 98.7 Å². The van der Waals surface area contributed by atoms with Gasteiger partial charge in [-0.15, -0.1) is 0 Å². The highest BCUT2D eigenvalue weighted by Gasteiger charge is 2.58. The summed E-state index contributed by atoms with van der Waals surface area (Å²) < 4.78 is 12.7. The molecule has 0 radical (unpaired) electrons. The van der Waals surface area contributed by atoms with E-state index in [1.807, 2.05) is 0 Å². The molecule has 4 rings (SSSR count). The van der Waals surface area contributed by atoms with E-state index in [0.717, 1.165) is 35.8 Å². The van der Waals surface area contributed by atoms with Gasteiger partial charge in [0, 0.05) is 21.8 Å². The fourth-order valence-corrected chi connectivity index (χ4v) is 9.55. The Kier molecular flexibility index (Phi) is 5.21. The fraction of sp³-hybridized carbons (Fsp3) is 0.917. The van der Waals surface area contributed by atoms with Crippen LogP contribution < -0.4 is 0 Å². The van der Waals surface area contributed by atoms with Crippen molar-refractivity contribution in [1.82, 2.24) is 0 Å². The molecule has 8 atom stereocenters. The minimum Gasteiger partial charge on any atom is -0.259 e. The van der Waals surface area contributed by atoms with E-state index < -0.39 is 10.8 Å². The molecule has 4 saturated carbocycles. The molecular weight excluding hydrogens is 336 g/mol. The fourth-order valence-electron chi connectivity index (χ4n) is 7.82. The van der Waals surface area contributed by atoms with Crippen LogP contribution in [-0.2, 0) is 10.8 Å². The monoisotopic (exact) mass is 376 g/mol. The Morgan fingerprint density at radius 1 is 1.08 bits per heavy atom. The first kappa shape index (κ1) is 19.2. The third-order valence-corrected chi connectivity index (χ3v) is 11.5. The van der Waals surface area contributed by atoms with Crippen molar-refractivity contribution in [2.75, 3.05) is 5.75 Å². The van der Waals surface area contributed by atoms with Crippen LogP contribution in [0, 0.1) is 34.5 Å². The second-order valence-electron chi connectivity index (χ2n) is 10.6. The number of hydrogen-bond donors (Lipinski definition) is 0. The van der Waals surface area contributed by atoms with Gasteiger partial charge in [0.15, 0.2) is 0 Å². The SMILES string of the molecule is C=C1CCC2C3CCC4C[C@H](S(=O)CCCC)CC[C@]4(C)C3CC[C@]12C. The molecule has 26 heavy (non-hydrogen) atoms. The number of allylic oxidation sites excluding steroid dienone is 1. The Balaban J connectivity index is 1.49. The van der Waals surface area contributed by atoms with E-state index in [1.54, 1.807) is 5.57 Å². The molecule has 0 amide bonds. The molecule has 4 aliphatic rings. The lowest BCUT2D eigenvalue weighted by Crippen LogP contribution is -2.53. The van der Waals surface area contributed by atoms with Crippen molar-refractivity contribution in [2.24, 2.45) is 34.5 Å². The third kappa shape index (κ3) is 2.88. The zero-order valence-electron chi connectivity index (χ0n) is 17.4. The summed E-state index contributed by atoms with van der Waals surface area (Å²) in [5.41, 5.74) is 2.53. The topological polar surface area (TPSA) is 17.1 Å². The maximum absolute atomic E-state index is 12.7. The van der Waals surface area contributed by atoms with E-state index in [9.17, 15) is 4.21 Å². The summed E-state index contributed by atoms with van der Waals surface area (Å²) in [6.07, 6.45) is 14.5. The number of unbranched alkanes of at least 4 members (excludes halogenated alkanes) is 1. The van der Waals surface area contributed by atoms with Crippen LogP contribution in [-0.4, -0.2) is 15.2 Å². The molecule has 0 heterocycles. The van der Waals surface area contributed by atoms with Gasteiger partial charge in [-0.1, -0.05) is 39.3 Å². The van der Waals surface area contributed by atoms with Crippen molar-refractivity contribution < 1.29 is 4.21 Å². The van der Waals surface area contributed by atoms with Crippen molar-refractivity contribution >= 4 is 10.8 Å². The number of rotatable bonds is 4. The van der Waals surface area contributed by atoms with Gasteiger partial charge in [0.25, 0.3) is 0 Å². The summed E-state index contributed by atoms with van der Waals surface area (Å²) in [7, 11) is -0.577. The van der Waals surface area contributed by atoms with Crippen molar-refractivity contribution in [3.8, 4) is 0 Å². The van der Waals surface area contributed by atoms with E-state index in [0.29, 0.717) is 16.1 Å². The molecule has 0 aromatic rings. The Labute approximate surface area is 164 Å². The zero-order valence-corrected chi connectivity index (χ0v) is 18.2. The summed E-state index contributed by atoms with van der Waals surface area (Å²) in [5, 5.41) is 0.497. The average Bonchev–Trinajstić information content (AvgIpc) is 2.94. The lowest BCUT2D eigenvalue weighted by atomic mass is 9.45. The molecule has 0 aromatic heterocycles. The molecule has 0 bridgehead atoms. The summed E-state index contributed by atoms with van der Waals surface area (Å²) in [4.78, 5) is 0. The molecule has 1 nitrogen and oxygen atoms in total. The molecule has 5 unspecified atom stereocenters. The van der Waals surface area contributed by atoms with E-state index in [-0.39, 0.29) is 0 Å². The van der Waals surface area contributed by atoms with Crippen LogP contribution in [0.25, 0.3) is 0 Å². The summed E-state index contributed by atoms with van der Waals surface area (Å²) in [6.45, 7) is 11.8. The molecular formula is C24H40OS. The van der Waals surface area contributed by atoms with Gasteiger partial charge in [-0.25, -0.2) is 0 Å².